The molecule has 0 heterocycles. The predicted molar refractivity (Wildman–Crippen MR) is 63.4 cm³/mol. The first-order valence-electron chi connectivity index (χ1n) is 6.03. The van der Waals surface area contributed by atoms with Gasteiger partial charge in [-0.2, -0.15) is 0 Å². The lowest BCUT2D eigenvalue weighted by Crippen LogP contribution is -2.14. The van der Waals surface area contributed by atoms with Gasteiger partial charge < -0.3 is 5.11 Å². The minimum atomic E-state index is -0.182. The fraction of sp³-hybridized carbons (Fsp3) is 0.846. The fourth-order valence-corrected chi connectivity index (χ4v) is 1.55. The lowest BCUT2D eigenvalue weighted by atomic mass is 9.99. The van der Waals surface area contributed by atoms with Gasteiger partial charge in [0.2, 0.25) is 0 Å². The Labute approximate surface area is 89.2 Å². The zero-order valence-electron chi connectivity index (χ0n) is 9.84. The Bertz CT molecular complexity index is 131. The molecule has 0 saturated heterocycles. The first kappa shape index (κ1) is 13.7. The summed E-state index contributed by atoms with van der Waals surface area (Å²) in [6.07, 6.45) is 10.3. The van der Waals surface area contributed by atoms with E-state index in [0.717, 1.165) is 12.8 Å². The van der Waals surface area contributed by atoms with E-state index in [1.807, 2.05) is 13.0 Å². The minimum absolute atomic E-state index is 0.182. The molecule has 2 atom stereocenters. The maximum atomic E-state index is 9.65. The molecule has 0 aromatic heterocycles. The summed E-state index contributed by atoms with van der Waals surface area (Å²) < 4.78 is 0. The number of aliphatic hydroxyl groups excluding tert-OH is 1. The van der Waals surface area contributed by atoms with Crippen LogP contribution in [0, 0.1) is 5.92 Å². The van der Waals surface area contributed by atoms with Crippen LogP contribution in [0.25, 0.3) is 0 Å². The van der Waals surface area contributed by atoms with Crippen LogP contribution in [0.4, 0.5) is 0 Å². The number of unbranched alkanes of at least 4 members (excludes halogenated alkanes) is 5. The van der Waals surface area contributed by atoms with Crippen molar-refractivity contribution >= 4 is 0 Å². The van der Waals surface area contributed by atoms with Crippen LogP contribution in [0.15, 0.2) is 12.7 Å². The highest BCUT2D eigenvalue weighted by atomic mass is 16.3. The van der Waals surface area contributed by atoms with Crippen LogP contribution >= 0.6 is 0 Å². The third-order valence-electron chi connectivity index (χ3n) is 2.83. The highest BCUT2D eigenvalue weighted by Gasteiger charge is 2.09. The summed E-state index contributed by atoms with van der Waals surface area (Å²) in [5.41, 5.74) is 0. The smallest absolute Gasteiger partial charge is 0.0600 e. The zero-order chi connectivity index (χ0) is 10.8. The van der Waals surface area contributed by atoms with Gasteiger partial charge in [-0.15, -0.1) is 6.58 Å². The molecule has 0 bridgehead atoms. The summed E-state index contributed by atoms with van der Waals surface area (Å²) in [4.78, 5) is 0. The normalized spacial score (nSPS) is 15.1. The molecule has 0 aliphatic rings. The van der Waals surface area contributed by atoms with Crippen molar-refractivity contribution in [3.05, 3.63) is 12.7 Å². The van der Waals surface area contributed by atoms with Crippen molar-refractivity contribution in [3.63, 3.8) is 0 Å². The van der Waals surface area contributed by atoms with Crippen molar-refractivity contribution in [2.45, 2.75) is 64.9 Å². The van der Waals surface area contributed by atoms with Crippen molar-refractivity contribution in [3.8, 4) is 0 Å². The van der Waals surface area contributed by atoms with Crippen LogP contribution in [0.5, 0.6) is 0 Å². The van der Waals surface area contributed by atoms with Gasteiger partial charge in [0.05, 0.1) is 6.10 Å². The van der Waals surface area contributed by atoms with Crippen molar-refractivity contribution in [2.24, 2.45) is 5.92 Å². The van der Waals surface area contributed by atoms with E-state index in [9.17, 15) is 5.11 Å². The van der Waals surface area contributed by atoms with E-state index in [1.54, 1.807) is 0 Å². The maximum absolute atomic E-state index is 9.65. The molecule has 1 N–H and O–H groups in total. The summed E-state index contributed by atoms with van der Waals surface area (Å²) in [6.45, 7) is 7.94. The molecule has 0 aliphatic heterocycles. The number of rotatable bonds is 9. The molecule has 0 amide bonds. The van der Waals surface area contributed by atoms with E-state index in [0.29, 0.717) is 0 Å². The molecule has 0 spiro atoms. The van der Waals surface area contributed by atoms with Gasteiger partial charge in [0.15, 0.2) is 0 Å². The average molecular weight is 198 g/mol. The number of aliphatic hydroxyl groups is 1. The summed E-state index contributed by atoms with van der Waals surface area (Å²) in [6, 6.07) is 0. The SMILES string of the molecule is C=C[C@H](C)[C@H](O)CCCCCCCC. The first-order chi connectivity index (χ1) is 6.72. The van der Waals surface area contributed by atoms with Crippen molar-refractivity contribution in [2.75, 3.05) is 0 Å². The summed E-state index contributed by atoms with van der Waals surface area (Å²) in [7, 11) is 0. The monoisotopic (exact) mass is 198 g/mol. The Morgan fingerprint density at radius 1 is 1.14 bits per heavy atom. The molecule has 0 aromatic carbocycles. The summed E-state index contributed by atoms with van der Waals surface area (Å²) in [5, 5.41) is 9.65. The van der Waals surface area contributed by atoms with Crippen molar-refractivity contribution < 1.29 is 5.11 Å². The van der Waals surface area contributed by atoms with Gasteiger partial charge in [-0.25, -0.2) is 0 Å². The van der Waals surface area contributed by atoms with Crippen LogP contribution in [0.2, 0.25) is 0 Å². The quantitative estimate of drug-likeness (QED) is 0.440. The Kier molecular flexibility index (Phi) is 9.06. The molecule has 1 nitrogen and oxygen atoms in total. The van der Waals surface area contributed by atoms with E-state index < -0.39 is 0 Å². The van der Waals surface area contributed by atoms with Crippen LogP contribution in [-0.4, -0.2) is 11.2 Å². The average Bonchev–Trinajstić information content (AvgIpc) is 2.21. The van der Waals surface area contributed by atoms with Crippen LogP contribution < -0.4 is 0 Å². The molecule has 1 heteroatoms. The molecule has 0 fully saturated rings. The minimum Gasteiger partial charge on any atom is -0.393 e. The van der Waals surface area contributed by atoms with Crippen LogP contribution in [0.1, 0.15) is 58.8 Å². The lowest BCUT2D eigenvalue weighted by molar-refractivity contribution is 0.125. The van der Waals surface area contributed by atoms with Gasteiger partial charge >= 0.3 is 0 Å². The first-order valence-corrected chi connectivity index (χ1v) is 6.03. The Balaban J connectivity index is 3.22. The van der Waals surface area contributed by atoms with Gasteiger partial charge in [0.25, 0.3) is 0 Å². The topological polar surface area (TPSA) is 20.2 Å². The third kappa shape index (κ3) is 7.14. The van der Waals surface area contributed by atoms with E-state index in [-0.39, 0.29) is 12.0 Å². The third-order valence-corrected chi connectivity index (χ3v) is 2.83. The van der Waals surface area contributed by atoms with E-state index >= 15 is 0 Å². The van der Waals surface area contributed by atoms with E-state index in [1.165, 1.54) is 32.1 Å². The van der Waals surface area contributed by atoms with Gasteiger partial charge in [-0.05, 0) is 12.3 Å². The van der Waals surface area contributed by atoms with Crippen LogP contribution in [-0.2, 0) is 0 Å². The van der Waals surface area contributed by atoms with Crippen molar-refractivity contribution in [1.82, 2.24) is 0 Å². The van der Waals surface area contributed by atoms with E-state index in [2.05, 4.69) is 13.5 Å². The van der Waals surface area contributed by atoms with Gasteiger partial charge in [-0.1, -0.05) is 58.4 Å². The van der Waals surface area contributed by atoms with Gasteiger partial charge in [-0.3, -0.25) is 0 Å². The lowest BCUT2D eigenvalue weighted by Gasteiger charge is -2.14. The Hall–Kier alpha value is -0.300. The standard InChI is InChI=1S/C13H26O/c1-4-6-7-8-9-10-11-13(14)12(3)5-2/h5,12-14H,2,4,6-11H2,1,3H3/t12-,13+/m0/s1. The number of hydrogen-bond acceptors (Lipinski definition) is 1. The van der Waals surface area contributed by atoms with Crippen molar-refractivity contribution in [1.29, 1.82) is 0 Å². The highest BCUT2D eigenvalue weighted by molar-refractivity contribution is 4.80. The molecular formula is C13H26O. The second-order valence-corrected chi connectivity index (χ2v) is 4.22. The molecule has 0 aromatic rings. The zero-order valence-corrected chi connectivity index (χ0v) is 9.84. The van der Waals surface area contributed by atoms with Gasteiger partial charge in [0, 0.05) is 0 Å². The maximum Gasteiger partial charge on any atom is 0.0600 e. The Morgan fingerprint density at radius 3 is 2.29 bits per heavy atom. The molecule has 0 radical (unpaired) electrons. The summed E-state index contributed by atoms with van der Waals surface area (Å²) >= 11 is 0. The molecule has 0 rings (SSSR count). The van der Waals surface area contributed by atoms with Crippen LogP contribution in [0.3, 0.4) is 0 Å². The molecule has 84 valence electrons. The molecule has 0 unspecified atom stereocenters. The molecule has 0 aliphatic carbocycles. The number of hydrogen-bond donors (Lipinski definition) is 1. The molecular weight excluding hydrogens is 172 g/mol. The largest absolute Gasteiger partial charge is 0.393 e. The molecule has 14 heavy (non-hydrogen) atoms. The summed E-state index contributed by atoms with van der Waals surface area (Å²) in [5.74, 6) is 0.241. The van der Waals surface area contributed by atoms with Gasteiger partial charge in [0.1, 0.15) is 0 Å². The highest BCUT2D eigenvalue weighted by Crippen LogP contribution is 2.13. The predicted octanol–water partition coefficient (Wildman–Crippen LogP) is 3.92. The van der Waals surface area contributed by atoms with E-state index in [4.69, 9.17) is 0 Å². The second-order valence-electron chi connectivity index (χ2n) is 4.22. The fourth-order valence-electron chi connectivity index (χ4n) is 1.55. The molecule has 0 saturated carbocycles. The second kappa shape index (κ2) is 9.26. The Morgan fingerprint density at radius 2 is 1.71 bits per heavy atom.